The maximum absolute atomic E-state index is 5.71. The van der Waals surface area contributed by atoms with Gasteiger partial charge in [0, 0.05) is 7.05 Å². The Bertz CT molecular complexity index is 650. The van der Waals surface area contributed by atoms with Gasteiger partial charge in [0.05, 0.1) is 17.9 Å². The molecule has 0 saturated carbocycles. The van der Waals surface area contributed by atoms with Gasteiger partial charge in [-0.25, -0.2) is 9.98 Å². The summed E-state index contributed by atoms with van der Waals surface area (Å²) in [4.78, 5) is 11.3. The van der Waals surface area contributed by atoms with Crippen LogP contribution in [0.4, 0.5) is 11.4 Å². The van der Waals surface area contributed by atoms with Crippen molar-refractivity contribution in [1.82, 2.24) is 4.90 Å². The zero-order valence-corrected chi connectivity index (χ0v) is 11.9. The van der Waals surface area contributed by atoms with Crippen LogP contribution in [0.1, 0.15) is 0 Å². The summed E-state index contributed by atoms with van der Waals surface area (Å²) in [5.74, 6) is 1.33. The SMILES string of the molecule is CN1CCOC(=Nc2ccccc2)C1=Nc1ccccc1. The molecular weight excluding hydrogens is 262 g/mol. The van der Waals surface area contributed by atoms with E-state index in [1.807, 2.05) is 67.7 Å². The molecule has 0 atom stereocenters. The van der Waals surface area contributed by atoms with Gasteiger partial charge in [-0.15, -0.1) is 0 Å². The molecule has 0 radical (unpaired) electrons. The number of hydrogen-bond acceptors (Lipinski definition) is 3. The van der Waals surface area contributed by atoms with Crippen LogP contribution in [0.2, 0.25) is 0 Å². The summed E-state index contributed by atoms with van der Waals surface area (Å²) in [5.41, 5.74) is 1.76. The van der Waals surface area contributed by atoms with E-state index < -0.39 is 0 Å². The Kier molecular flexibility index (Phi) is 3.96. The van der Waals surface area contributed by atoms with Crippen LogP contribution in [0.5, 0.6) is 0 Å². The Morgan fingerprint density at radius 1 is 0.857 bits per heavy atom. The van der Waals surface area contributed by atoms with E-state index in [0.29, 0.717) is 12.5 Å². The minimum atomic E-state index is 0.568. The largest absolute Gasteiger partial charge is 0.473 e. The standard InChI is InChI=1S/C17H17N3O/c1-20-12-13-21-17(19-15-10-6-3-7-11-15)16(20)18-14-8-4-2-5-9-14/h2-11H,12-13H2,1H3. The van der Waals surface area contributed by atoms with Gasteiger partial charge in [-0.2, -0.15) is 0 Å². The summed E-state index contributed by atoms with van der Waals surface area (Å²) < 4.78 is 5.71. The van der Waals surface area contributed by atoms with Gasteiger partial charge in [-0.3, -0.25) is 0 Å². The van der Waals surface area contributed by atoms with Gasteiger partial charge in [0.25, 0.3) is 5.90 Å². The van der Waals surface area contributed by atoms with Crippen LogP contribution < -0.4 is 0 Å². The number of aliphatic imine (C=N–C) groups is 2. The summed E-state index contributed by atoms with van der Waals surface area (Å²) >= 11 is 0. The maximum atomic E-state index is 5.71. The molecule has 4 heteroatoms. The number of nitrogens with zero attached hydrogens (tertiary/aromatic N) is 3. The molecular formula is C17H17N3O. The molecule has 0 bridgehead atoms. The predicted molar refractivity (Wildman–Crippen MR) is 85.7 cm³/mol. The van der Waals surface area contributed by atoms with Gasteiger partial charge in [-0.1, -0.05) is 36.4 Å². The lowest BCUT2D eigenvalue weighted by molar-refractivity contribution is 0.252. The highest BCUT2D eigenvalue weighted by molar-refractivity contribution is 6.39. The summed E-state index contributed by atoms with van der Waals surface area (Å²) in [5, 5.41) is 0. The van der Waals surface area contributed by atoms with Crippen molar-refractivity contribution < 1.29 is 4.74 Å². The first-order valence-electron chi connectivity index (χ1n) is 6.95. The second-order valence-electron chi connectivity index (χ2n) is 4.79. The minimum absolute atomic E-state index is 0.568. The fourth-order valence-electron chi connectivity index (χ4n) is 2.07. The summed E-state index contributed by atoms with van der Waals surface area (Å²) in [6.07, 6.45) is 0. The Balaban J connectivity index is 1.97. The third-order valence-corrected chi connectivity index (χ3v) is 3.20. The molecule has 1 heterocycles. The average Bonchev–Trinajstić information content (AvgIpc) is 2.53. The highest BCUT2D eigenvalue weighted by atomic mass is 16.5. The monoisotopic (exact) mass is 279 g/mol. The molecule has 2 aromatic carbocycles. The van der Waals surface area contributed by atoms with E-state index in [-0.39, 0.29) is 0 Å². The molecule has 1 saturated heterocycles. The first kappa shape index (κ1) is 13.4. The van der Waals surface area contributed by atoms with Crippen molar-refractivity contribution in [2.24, 2.45) is 9.98 Å². The Morgan fingerprint density at radius 2 is 1.43 bits per heavy atom. The van der Waals surface area contributed by atoms with Crippen molar-refractivity contribution in [3.8, 4) is 0 Å². The van der Waals surface area contributed by atoms with Crippen molar-refractivity contribution in [2.45, 2.75) is 0 Å². The van der Waals surface area contributed by atoms with Crippen LogP contribution in [0.25, 0.3) is 0 Å². The lowest BCUT2D eigenvalue weighted by atomic mass is 10.3. The van der Waals surface area contributed by atoms with Crippen molar-refractivity contribution >= 4 is 23.1 Å². The summed E-state index contributed by atoms with van der Waals surface area (Å²) in [6, 6.07) is 19.6. The topological polar surface area (TPSA) is 37.2 Å². The molecule has 0 unspecified atom stereocenters. The van der Waals surface area contributed by atoms with Crippen LogP contribution in [-0.4, -0.2) is 36.8 Å². The second kappa shape index (κ2) is 6.22. The lowest BCUT2D eigenvalue weighted by Crippen LogP contribution is -2.42. The number of ether oxygens (including phenoxy) is 1. The molecule has 0 aromatic heterocycles. The third kappa shape index (κ3) is 3.28. The predicted octanol–water partition coefficient (Wildman–Crippen LogP) is 3.41. The number of para-hydroxylation sites is 2. The van der Waals surface area contributed by atoms with Crippen molar-refractivity contribution in [3.63, 3.8) is 0 Å². The molecule has 1 aliphatic rings. The highest BCUT2D eigenvalue weighted by Crippen LogP contribution is 2.17. The zero-order valence-electron chi connectivity index (χ0n) is 11.9. The van der Waals surface area contributed by atoms with Crippen LogP contribution in [0.3, 0.4) is 0 Å². The molecule has 0 N–H and O–H groups in total. The fraction of sp³-hybridized carbons (Fsp3) is 0.176. The smallest absolute Gasteiger partial charge is 0.258 e. The van der Waals surface area contributed by atoms with Crippen molar-refractivity contribution in [2.75, 3.05) is 20.2 Å². The van der Waals surface area contributed by atoms with Gasteiger partial charge >= 0.3 is 0 Å². The number of hydrogen-bond donors (Lipinski definition) is 0. The molecule has 4 nitrogen and oxygen atoms in total. The van der Waals surface area contributed by atoms with E-state index in [4.69, 9.17) is 4.74 Å². The first-order chi connectivity index (χ1) is 10.3. The van der Waals surface area contributed by atoms with E-state index in [1.54, 1.807) is 0 Å². The maximum Gasteiger partial charge on any atom is 0.258 e. The number of likely N-dealkylation sites (N-methyl/N-ethyl adjacent to an activating group) is 1. The Labute approximate surface area is 124 Å². The zero-order chi connectivity index (χ0) is 14.5. The fourth-order valence-corrected chi connectivity index (χ4v) is 2.07. The molecule has 2 aromatic rings. The first-order valence-corrected chi connectivity index (χ1v) is 6.95. The normalized spacial score (nSPS) is 18.8. The van der Waals surface area contributed by atoms with E-state index in [9.17, 15) is 0 Å². The van der Waals surface area contributed by atoms with Gasteiger partial charge in [0.2, 0.25) is 0 Å². The lowest BCUT2D eigenvalue weighted by Gasteiger charge is -2.27. The van der Waals surface area contributed by atoms with Crippen molar-refractivity contribution in [3.05, 3.63) is 60.7 Å². The highest BCUT2D eigenvalue weighted by Gasteiger charge is 2.21. The van der Waals surface area contributed by atoms with Crippen LogP contribution in [0.15, 0.2) is 70.6 Å². The minimum Gasteiger partial charge on any atom is -0.473 e. The average molecular weight is 279 g/mol. The summed E-state index contributed by atoms with van der Waals surface area (Å²) in [7, 11) is 2.00. The van der Waals surface area contributed by atoms with Gasteiger partial charge < -0.3 is 9.64 Å². The summed E-state index contributed by atoms with van der Waals surface area (Å²) in [6.45, 7) is 1.43. The Morgan fingerprint density at radius 3 is 2.05 bits per heavy atom. The number of amidine groups is 1. The van der Waals surface area contributed by atoms with E-state index in [0.717, 1.165) is 23.8 Å². The van der Waals surface area contributed by atoms with Gasteiger partial charge in [0.1, 0.15) is 6.61 Å². The van der Waals surface area contributed by atoms with Crippen LogP contribution in [0, 0.1) is 0 Å². The van der Waals surface area contributed by atoms with E-state index in [1.165, 1.54) is 0 Å². The van der Waals surface area contributed by atoms with Gasteiger partial charge in [0.15, 0.2) is 5.84 Å². The van der Waals surface area contributed by atoms with E-state index >= 15 is 0 Å². The molecule has 106 valence electrons. The quantitative estimate of drug-likeness (QED) is 0.844. The molecule has 1 aliphatic heterocycles. The number of morpholine rings is 1. The molecule has 1 fully saturated rings. The molecule has 0 amide bonds. The van der Waals surface area contributed by atoms with Crippen molar-refractivity contribution in [1.29, 1.82) is 0 Å². The van der Waals surface area contributed by atoms with E-state index in [2.05, 4.69) is 14.9 Å². The molecule has 21 heavy (non-hydrogen) atoms. The second-order valence-corrected chi connectivity index (χ2v) is 4.79. The Hall–Kier alpha value is -2.62. The number of benzene rings is 2. The molecule has 3 rings (SSSR count). The molecule has 0 spiro atoms. The molecule has 0 aliphatic carbocycles. The third-order valence-electron chi connectivity index (χ3n) is 3.20. The van der Waals surface area contributed by atoms with Gasteiger partial charge in [-0.05, 0) is 24.3 Å². The van der Waals surface area contributed by atoms with Crippen LogP contribution in [-0.2, 0) is 4.74 Å². The number of rotatable bonds is 2. The van der Waals surface area contributed by atoms with Crippen LogP contribution >= 0.6 is 0 Å².